The molecule has 0 saturated heterocycles. The summed E-state index contributed by atoms with van der Waals surface area (Å²) in [5.41, 5.74) is -2.71. The Morgan fingerprint density at radius 3 is 2.20 bits per heavy atom. The molecule has 1 aliphatic carbocycles. The molecule has 0 radical (unpaired) electrons. The topological polar surface area (TPSA) is 52.6 Å². The fraction of sp³-hybridized carbons (Fsp3) is 0.600. The van der Waals surface area contributed by atoms with Crippen molar-refractivity contribution in [3.8, 4) is 0 Å². The lowest BCUT2D eigenvalue weighted by atomic mass is 9.88. The average molecular weight is 216 g/mol. The molecule has 0 aromatic carbocycles. The first kappa shape index (κ1) is 11.7. The van der Waals surface area contributed by atoms with E-state index >= 15 is 0 Å². The molecule has 1 unspecified atom stereocenters. The van der Waals surface area contributed by atoms with Gasteiger partial charge in [-0.15, -0.1) is 0 Å². The highest BCUT2D eigenvalue weighted by molar-refractivity contribution is 6.04. The Kier molecular flexibility index (Phi) is 3.44. The number of rotatable bonds is 3. The van der Waals surface area contributed by atoms with Crippen LogP contribution in [0.3, 0.4) is 0 Å². The van der Waals surface area contributed by atoms with E-state index < -0.39 is 23.5 Å². The maximum atomic E-state index is 14.3. The molecule has 0 heterocycles. The molecule has 0 aliphatic heterocycles. The van der Waals surface area contributed by atoms with Crippen LogP contribution in [0.1, 0.15) is 12.8 Å². The van der Waals surface area contributed by atoms with Crippen LogP contribution in [0.2, 0.25) is 0 Å². The average Bonchev–Trinajstić information content (AvgIpc) is 2.79. The molecule has 15 heavy (non-hydrogen) atoms. The molecule has 0 bridgehead atoms. The van der Waals surface area contributed by atoms with Gasteiger partial charge in [-0.1, -0.05) is 12.2 Å². The Labute approximate surface area is 87.0 Å². The first-order valence-corrected chi connectivity index (χ1v) is 4.59. The minimum atomic E-state index is -2.71. The molecular formula is C10H13FO4. The first-order valence-electron chi connectivity index (χ1n) is 4.59. The second kappa shape index (κ2) is 4.42. The zero-order valence-corrected chi connectivity index (χ0v) is 8.66. The summed E-state index contributed by atoms with van der Waals surface area (Å²) >= 11 is 0. The molecule has 4 nitrogen and oxygen atoms in total. The molecular weight excluding hydrogens is 203 g/mol. The van der Waals surface area contributed by atoms with Gasteiger partial charge in [-0.05, 0) is 12.8 Å². The summed E-state index contributed by atoms with van der Waals surface area (Å²) < 4.78 is 22.9. The molecule has 5 heteroatoms. The molecule has 0 aromatic heterocycles. The van der Waals surface area contributed by atoms with Crippen molar-refractivity contribution in [2.45, 2.75) is 18.5 Å². The number of methoxy groups -OCH3 is 2. The van der Waals surface area contributed by atoms with E-state index in [1.807, 2.05) is 0 Å². The van der Waals surface area contributed by atoms with E-state index in [4.69, 9.17) is 0 Å². The number of ether oxygens (including phenoxy) is 2. The van der Waals surface area contributed by atoms with Crippen molar-refractivity contribution in [1.82, 2.24) is 0 Å². The Hall–Kier alpha value is -1.39. The maximum Gasteiger partial charge on any atom is 0.356 e. The van der Waals surface area contributed by atoms with Gasteiger partial charge in [-0.2, -0.15) is 0 Å². The van der Waals surface area contributed by atoms with Crippen molar-refractivity contribution in [3.63, 3.8) is 0 Å². The van der Waals surface area contributed by atoms with Crippen LogP contribution in [0.4, 0.5) is 4.39 Å². The Bertz CT molecular complexity index is 282. The van der Waals surface area contributed by atoms with Gasteiger partial charge < -0.3 is 9.47 Å². The summed E-state index contributed by atoms with van der Waals surface area (Å²) in [6.45, 7) is 0. The molecule has 0 spiro atoms. The van der Waals surface area contributed by atoms with Gasteiger partial charge >= 0.3 is 17.6 Å². The summed E-state index contributed by atoms with van der Waals surface area (Å²) in [6, 6.07) is 0. The van der Waals surface area contributed by atoms with Gasteiger partial charge in [0.1, 0.15) is 0 Å². The van der Waals surface area contributed by atoms with Crippen molar-refractivity contribution in [3.05, 3.63) is 12.2 Å². The summed E-state index contributed by atoms with van der Waals surface area (Å²) in [5.74, 6) is -3.20. The van der Waals surface area contributed by atoms with Crippen LogP contribution in [-0.2, 0) is 19.1 Å². The van der Waals surface area contributed by atoms with Gasteiger partial charge in [-0.25, -0.2) is 14.0 Å². The quantitative estimate of drug-likeness (QED) is 0.401. The fourth-order valence-electron chi connectivity index (χ4n) is 1.65. The van der Waals surface area contributed by atoms with Crippen LogP contribution in [0.15, 0.2) is 12.2 Å². The normalized spacial score (nSPS) is 20.1. The van der Waals surface area contributed by atoms with E-state index in [1.54, 1.807) is 6.08 Å². The standard InChI is InChI=1S/C10H13FO4/c1-14-8(12)10(11,9(13)15-2)7-5-3-4-6-7/h3,5,7H,4,6H2,1-2H3. The van der Waals surface area contributed by atoms with Crippen LogP contribution in [0.5, 0.6) is 0 Å². The first-order chi connectivity index (χ1) is 7.07. The Morgan fingerprint density at radius 1 is 1.33 bits per heavy atom. The zero-order chi connectivity index (χ0) is 11.5. The summed E-state index contributed by atoms with van der Waals surface area (Å²) in [5, 5.41) is 0. The van der Waals surface area contributed by atoms with Crippen molar-refractivity contribution in [1.29, 1.82) is 0 Å². The number of hydrogen-bond donors (Lipinski definition) is 0. The Morgan fingerprint density at radius 2 is 1.87 bits per heavy atom. The number of allylic oxidation sites excluding steroid dienone is 2. The predicted molar refractivity (Wildman–Crippen MR) is 49.7 cm³/mol. The molecule has 1 atom stereocenters. The van der Waals surface area contributed by atoms with Crippen LogP contribution in [0, 0.1) is 5.92 Å². The third-order valence-electron chi connectivity index (χ3n) is 2.49. The van der Waals surface area contributed by atoms with Gasteiger partial charge in [0, 0.05) is 5.92 Å². The second-order valence-electron chi connectivity index (χ2n) is 3.31. The Balaban J connectivity index is 2.99. The number of hydrogen-bond acceptors (Lipinski definition) is 4. The summed E-state index contributed by atoms with van der Waals surface area (Å²) in [6.07, 6.45) is 4.28. The van der Waals surface area contributed by atoms with E-state index in [9.17, 15) is 14.0 Å². The summed E-state index contributed by atoms with van der Waals surface area (Å²) in [4.78, 5) is 22.6. The van der Waals surface area contributed by atoms with Crippen molar-refractivity contribution in [2.75, 3.05) is 14.2 Å². The summed E-state index contributed by atoms with van der Waals surface area (Å²) in [7, 11) is 2.08. The monoisotopic (exact) mass is 216 g/mol. The maximum absolute atomic E-state index is 14.3. The smallest absolute Gasteiger partial charge is 0.356 e. The highest BCUT2D eigenvalue weighted by Crippen LogP contribution is 2.34. The SMILES string of the molecule is COC(=O)C(F)(C(=O)OC)C1C=CCC1. The lowest BCUT2D eigenvalue weighted by molar-refractivity contribution is -0.174. The molecule has 84 valence electrons. The molecule has 0 fully saturated rings. The van der Waals surface area contributed by atoms with Crippen molar-refractivity contribution in [2.24, 2.45) is 5.92 Å². The largest absolute Gasteiger partial charge is 0.466 e. The van der Waals surface area contributed by atoms with Gasteiger partial charge in [0.15, 0.2) is 0 Å². The van der Waals surface area contributed by atoms with E-state index in [1.165, 1.54) is 6.08 Å². The van der Waals surface area contributed by atoms with Crippen LogP contribution in [-0.4, -0.2) is 31.8 Å². The van der Waals surface area contributed by atoms with Gasteiger partial charge in [0.2, 0.25) is 0 Å². The molecule has 0 amide bonds. The zero-order valence-electron chi connectivity index (χ0n) is 8.66. The third kappa shape index (κ3) is 1.86. The van der Waals surface area contributed by atoms with Crippen LogP contribution in [0.25, 0.3) is 0 Å². The molecule has 0 saturated carbocycles. The molecule has 0 N–H and O–H groups in total. The number of carbonyl (C=O) groups excluding carboxylic acids is 2. The van der Waals surface area contributed by atoms with E-state index in [0.717, 1.165) is 14.2 Å². The minimum Gasteiger partial charge on any atom is -0.466 e. The lowest BCUT2D eigenvalue weighted by Gasteiger charge is -2.24. The minimum absolute atomic E-state index is 0.403. The molecule has 1 rings (SSSR count). The number of carbonyl (C=O) groups is 2. The van der Waals surface area contributed by atoms with Crippen molar-refractivity contribution >= 4 is 11.9 Å². The highest BCUT2D eigenvalue weighted by Gasteiger charge is 2.55. The molecule has 1 aliphatic rings. The van der Waals surface area contributed by atoms with E-state index in [-0.39, 0.29) is 0 Å². The number of esters is 2. The van der Waals surface area contributed by atoms with E-state index in [2.05, 4.69) is 9.47 Å². The third-order valence-corrected chi connectivity index (χ3v) is 2.49. The van der Waals surface area contributed by atoms with Crippen LogP contribution >= 0.6 is 0 Å². The second-order valence-corrected chi connectivity index (χ2v) is 3.31. The van der Waals surface area contributed by atoms with Crippen LogP contribution < -0.4 is 0 Å². The highest BCUT2D eigenvalue weighted by atomic mass is 19.1. The van der Waals surface area contributed by atoms with Gasteiger partial charge in [-0.3, -0.25) is 0 Å². The van der Waals surface area contributed by atoms with Gasteiger partial charge in [0.25, 0.3) is 0 Å². The number of halogens is 1. The molecule has 0 aromatic rings. The number of alkyl halides is 1. The predicted octanol–water partition coefficient (Wildman–Crippen LogP) is 1.01. The van der Waals surface area contributed by atoms with Gasteiger partial charge in [0.05, 0.1) is 14.2 Å². The van der Waals surface area contributed by atoms with Crippen molar-refractivity contribution < 1.29 is 23.5 Å². The van der Waals surface area contributed by atoms with E-state index in [0.29, 0.717) is 12.8 Å². The fourth-order valence-corrected chi connectivity index (χ4v) is 1.65. The lowest BCUT2D eigenvalue weighted by Crippen LogP contribution is -2.49.